The van der Waals surface area contributed by atoms with Crippen molar-refractivity contribution in [2.75, 3.05) is 0 Å². The summed E-state index contributed by atoms with van der Waals surface area (Å²) in [5.74, 6) is 0.855. The minimum absolute atomic E-state index is 0.612. The first-order valence-electron chi connectivity index (χ1n) is 4.14. The van der Waals surface area contributed by atoms with Crippen LogP contribution in [-0.2, 0) is 6.54 Å². The van der Waals surface area contributed by atoms with Crippen molar-refractivity contribution in [3.63, 3.8) is 0 Å². The maximum Gasteiger partial charge on any atom is 0.195 e. The summed E-state index contributed by atoms with van der Waals surface area (Å²) in [7, 11) is 0. The molecule has 2 rings (SSSR count). The predicted molar refractivity (Wildman–Crippen MR) is 53.3 cm³/mol. The van der Waals surface area contributed by atoms with Gasteiger partial charge in [0.2, 0.25) is 0 Å². The van der Waals surface area contributed by atoms with Gasteiger partial charge in [-0.25, -0.2) is 9.97 Å². The second-order valence-corrected chi connectivity index (χ2v) is 3.25. The molecule has 0 aliphatic carbocycles. The van der Waals surface area contributed by atoms with Crippen LogP contribution < -0.4 is 0 Å². The van der Waals surface area contributed by atoms with Gasteiger partial charge in [0.05, 0.1) is 12.2 Å². The van der Waals surface area contributed by atoms with Crippen LogP contribution in [-0.4, -0.2) is 24.7 Å². The standard InChI is InChI=1S/C8H9N5S/c1-6-11-12-8(14)13(6)4-7-2-3-9-5-10-7/h2-3,5H,4H2,1H3,(H,12,14). The molecule has 0 atom stereocenters. The lowest BCUT2D eigenvalue weighted by atomic mass is 10.4. The van der Waals surface area contributed by atoms with Crippen LogP contribution in [0, 0.1) is 11.7 Å². The van der Waals surface area contributed by atoms with E-state index in [0.717, 1.165) is 11.5 Å². The van der Waals surface area contributed by atoms with E-state index in [-0.39, 0.29) is 0 Å². The maximum atomic E-state index is 5.07. The van der Waals surface area contributed by atoms with Crippen molar-refractivity contribution in [2.45, 2.75) is 13.5 Å². The Morgan fingerprint density at radius 3 is 3.00 bits per heavy atom. The van der Waals surface area contributed by atoms with Crippen molar-refractivity contribution in [3.8, 4) is 0 Å². The molecule has 72 valence electrons. The molecule has 6 heteroatoms. The molecule has 0 amide bonds. The van der Waals surface area contributed by atoms with Gasteiger partial charge in [0.25, 0.3) is 0 Å². The monoisotopic (exact) mass is 207 g/mol. The minimum atomic E-state index is 0.612. The highest BCUT2D eigenvalue weighted by molar-refractivity contribution is 7.71. The van der Waals surface area contributed by atoms with Crippen molar-refractivity contribution in [3.05, 3.63) is 34.9 Å². The van der Waals surface area contributed by atoms with Crippen LogP contribution in [0.2, 0.25) is 0 Å². The molecule has 14 heavy (non-hydrogen) atoms. The van der Waals surface area contributed by atoms with Crippen LogP contribution in [0.3, 0.4) is 0 Å². The van der Waals surface area contributed by atoms with Crippen LogP contribution >= 0.6 is 12.2 Å². The Kier molecular flexibility index (Phi) is 2.36. The molecule has 0 saturated heterocycles. The first-order chi connectivity index (χ1) is 6.77. The number of hydrogen-bond acceptors (Lipinski definition) is 4. The Hall–Kier alpha value is -1.56. The summed E-state index contributed by atoms with van der Waals surface area (Å²) < 4.78 is 2.50. The van der Waals surface area contributed by atoms with Crippen LogP contribution in [0.4, 0.5) is 0 Å². The van der Waals surface area contributed by atoms with E-state index in [4.69, 9.17) is 12.2 Å². The molecule has 0 unspecified atom stereocenters. The molecule has 2 heterocycles. The largest absolute Gasteiger partial charge is 0.298 e. The van der Waals surface area contributed by atoms with E-state index < -0.39 is 0 Å². The molecule has 5 nitrogen and oxygen atoms in total. The number of aromatic nitrogens is 5. The number of rotatable bonds is 2. The molecule has 2 aromatic rings. The molecule has 0 radical (unpaired) electrons. The third kappa shape index (κ3) is 1.69. The van der Waals surface area contributed by atoms with Crippen LogP contribution in [0.5, 0.6) is 0 Å². The molecule has 0 bridgehead atoms. The van der Waals surface area contributed by atoms with Gasteiger partial charge < -0.3 is 0 Å². The summed E-state index contributed by atoms with van der Waals surface area (Å²) in [5, 5.41) is 6.74. The van der Waals surface area contributed by atoms with Gasteiger partial charge in [-0.1, -0.05) is 0 Å². The number of nitrogens with zero attached hydrogens (tertiary/aromatic N) is 4. The Bertz CT molecular complexity index is 472. The molecule has 0 spiro atoms. The van der Waals surface area contributed by atoms with E-state index in [2.05, 4.69) is 20.2 Å². The summed E-state index contributed by atoms with van der Waals surface area (Å²) in [5.41, 5.74) is 0.917. The minimum Gasteiger partial charge on any atom is -0.298 e. The van der Waals surface area contributed by atoms with Crippen molar-refractivity contribution in [1.82, 2.24) is 24.7 Å². The van der Waals surface area contributed by atoms with E-state index >= 15 is 0 Å². The fourth-order valence-electron chi connectivity index (χ4n) is 1.16. The molecule has 0 aliphatic rings. The van der Waals surface area contributed by atoms with Gasteiger partial charge in [-0.15, -0.1) is 0 Å². The molecular weight excluding hydrogens is 198 g/mol. The second kappa shape index (κ2) is 3.67. The zero-order valence-electron chi connectivity index (χ0n) is 7.64. The third-order valence-corrected chi connectivity index (χ3v) is 2.22. The molecule has 0 aromatic carbocycles. The number of aromatic amines is 1. The highest BCUT2D eigenvalue weighted by Gasteiger charge is 2.01. The third-order valence-electron chi connectivity index (χ3n) is 1.91. The van der Waals surface area contributed by atoms with Crippen LogP contribution in [0.1, 0.15) is 11.5 Å². The normalized spacial score (nSPS) is 10.4. The highest BCUT2D eigenvalue weighted by Crippen LogP contribution is 2.00. The van der Waals surface area contributed by atoms with E-state index in [1.54, 1.807) is 6.20 Å². The van der Waals surface area contributed by atoms with Crippen molar-refractivity contribution < 1.29 is 0 Å². The van der Waals surface area contributed by atoms with Gasteiger partial charge in [-0.2, -0.15) is 5.10 Å². The number of hydrogen-bond donors (Lipinski definition) is 1. The SMILES string of the molecule is Cc1n[nH]c(=S)n1Cc1ccncn1. The maximum absolute atomic E-state index is 5.07. The van der Waals surface area contributed by atoms with E-state index in [1.807, 2.05) is 17.6 Å². The Labute approximate surface area is 85.8 Å². The van der Waals surface area contributed by atoms with Crippen LogP contribution in [0.25, 0.3) is 0 Å². The van der Waals surface area contributed by atoms with Gasteiger partial charge in [0.1, 0.15) is 12.2 Å². The summed E-state index contributed by atoms with van der Waals surface area (Å²) in [6, 6.07) is 1.86. The quantitative estimate of drug-likeness (QED) is 0.749. The Morgan fingerprint density at radius 2 is 2.43 bits per heavy atom. The van der Waals surface area contributed by atoms with Crippen molar-refractivity contribution in [1.29, 1.82) is 0 Å². The van der Waals surface area contributed by atoms with E-state index in [0.29, 0.717) is 11.3 Å². The fourth-order valence-corrected chi connectivity index (χ4v) is 1.40. The average molecular weight is 207 g/mol. The summed E-state index contributed by atoms with van der Waals surface area (Å²) in [4.78, 5) is 7.97. The van der Waals surface area contributed by atoms with Gasteiger partial charge in [0, 0.05) is 6.20 Å². The zero-order valence-corrected chi connectivity index (χ0v) is 8.45. The highest BCUT2D eigenvalue weighted by atomic mass is 32.1. The molecule has 2 aromatic heterocycles. The van der Waals surface area contributed by atoms with Gasteiger partial charge in [-0.05, 0) is 25.2 Å². The fraction of sp³-hybridized carbons (Fsp3) is 0.250. The van der Waals surface area contributed by atoms with Gasteiger partial charge in [0.15, 0.2) is 4.77 Å². The molecule has 1 N–H and O–H groups in total. The number of aryl methyl sites for hydroxylation is 1. The lowest BCUT2D eigenvalue weighted by Crippen LogP contribution is -2.03. The number of nitrogens with one attached hydrogen (secondary N) is 1. The summed E-state index contributed by atoms with van der Waals surface area (Å²) >= 11 is 5.07. The van der Waals surface area contributed by atoms with Crippen molar-refractivity contribution >= 4 is 12.2 Å². The molecule has 0 aliphatic heterocycles. The van der Waals surface area contributed by atoms with Crippen LogP contribution in [0.15, 0.2) is 18.6 Å². The average Bonchev–Trinajstić information content (AvgIpc) is 2.51. The first-order valence-corrected chi connectivity index (χ1v) is 4.55. The molecule has 0 saturated carbocycles. The Morgan fingerprint density at radius 1 is 1.57 bits per heavy atom. The second-order valence-electron chi connectivity index (χ2n) is 2.86. The number of H-pyrrole nitrogens is 1. The van der Waals surface area contributed by atoms with Gasteiger partial charge in [-0.3, -0.25) is 9.67 Å². The Balaban J connectivity index is 2.32. The smallest absolute Gasteiger partial charge is 0.195 e. The van der Waals surface area contributed by atoms with E-state index in [9.17, 15) is 0 Å². The summed E-state index contributed by atoms with van der Waals surface area (Å²) in [6.45, 7) is 2.52. The lowest BCUT2D eigenvalue weighted by Gasteiger charge is -2.01. The topological polar surface area (TPSA) is 59.4 Å². The van der Waals surface area contributed by atoms with Gasteiger partial charge >= 0.3 is 0 Å². The molecular formula is C8H9N5S. The van der Waals surface area contributed by atoms with E-state index in [1.165, 1.54) is 6.33 Å². The zero-order chi connectivity index (χ0) is 9.97. The molecule has 0 fully saturated rings. The predicted octanol–water partition coefficient (Wildman–Crippen LogP) is 1.09. The lowest BCUT2D eigenvalue weighted by molar-refractivity contribution is 0.729. The first kappa shape index (κ1) is 9.01. The summed E-state index contributed by atoms with van der Waals surface area (Å²) in [6.07, 6.45) is 3.23. The van der Waals surface area contributed by atoms with Crippen molar-refractivity contribution in [2.24, 2.45) is 0 Å².